The fourth-order valence-corrected chi connectivity index (χ4v) is 4.12. The highest BCUT2D eigenvalue weighted by molar-refractivity contribution is 7.18. The van der Waals surface area contributed by atoms with Crippen molar-refractivity contribution in [2.75, 3.05) is 6.61 Å². The molecule has 108 valence electrons. The lowest BCUT2D eigenvalue weighted by molar-refractivity contribution is 0.0803. The fourth-order valence-electron chi connectivity index (χ4n) is 2.78. The van der Waals surface area contributed by atoms with Gasteiger partial charge in [0.05, 0.1) is 31.0 Å². The Labute approximate surface area is 120 Å². The van der Waals surface area contributed by atoms with Crippen molar-refractivity contribution >= 4 is 21.6 Å². The molecule has 0 bridgehead atoms. The van der Waals surface area contributed by atoms with Gasteiger partial charge < -0.3 is 10.2 Å². The topological polar surface area (TPSA) is 75.3 Å². The summed E-state index contributed by atoms with van der Waals surface area (Å²) in [5.41, 5.74) is 1.04. The molecule has 1 aliphatic rings. The number of aliphatic hydroxyl groups excluding tert-OH is 2. The van der Waals surface area contributed by atoms with Gasteiger partial charge >= 0.3 is 0 Å². The second kappa shape index (κ2) is 5.27. The van der Waals surface area contributed by atoms with Crippen molar-refractivity contribution in [3.05, 3.63) is 27.1 Å². The first-order chi connectivity index (χ1) is 9.60. The fraction of sp³-hybridized carbons (Fsp3) is 0.571. The van der Waals surface area contributed by atoms with Crippen molar-refractivity contribution in [3.63, 3.8) is 0 Å². The minimum absolute atomic E-state index is 0.0826. The molecule has 5 nitrogen and oxygen atoms in total. The quantitative estimate of drug-likeness (QED) is 0.883. The van der Waals surface area contributed by atoms with Crippen molar-refractivity contribution in [1.29, 1.82) is 0 Å². The first kappa shape index (κ1) is 13.7. The van der Waals surface area contributed by atoms with Gasteiger partial charge in [-0.25, -0.2) is 4.98 Å². The molecular weight excluding hydrogens is 276 g/mol. The lowest BCUT2D eigenvalue weighted by atomic mass is 9.89. The van der Waals surface area contributed by atoms with Gasteiger partial charge in [-0.15, -0.1) is 11.3 Å². The molecule has 0 fully saturated rings. The number of hydrogen-bond acceptors (Lipinski definition) is 5. The molecule has 0 aromatic carbocycles. The first-order valence-corrected chi connectivity index (χ1v) is 7.70. The van der Waals surface area contributed by atoms with Crippen LogP contribution >= 0.6 is 11.3 Å². The van der Waals surface area contributed by atoms with Crippen LogP contribution in [0.3, 0.4) is 0 Å². The molecule has 2 unspecified atom stereocenters. The number of hydrogen-bond donors (Lipinski definition) is 2. The predicted molar refractivity (Wildman–Crippen MR) is 78.2 cm³/mol. The number of aliphatic hydroxyl groups is 2. The monoisotopic (exact) mass is 294 g/mol. The van der Waals surface area contributed by atoms with Crippen molar-refractivity contribution < 1.29 is 10.2 Å². The van der Waals surface area contributed by atoms with Crippen LogP contribution in [0.4, 0.5) is 0 Å². The third kappa shape index (κ3) is 2.28. The Morgan fingerprint density at radius 1 is 1.60 bits per heavy atom. The second-order valence-electron chi connectivity index (χ2n) is 5.57. The molecule has 0 saturated heterocycles. The van der Waals surface area contributed by atoms with Crippen molar-refractivity contribution in [2.45, 2.75) is 38.8 Å². The molecule has 0 aliphatic heterocycles. The standard InChI is InChI=1S/C14H18N2O3S/c1-8-2-3-10-11(4-8)20-13-12(10)14(19)16(7-15-13)5-9(18)6-17/h7-9,17-18H,2-6H2,1H3. The maximum Gasteiger partial charge on any atom is 0.262 e. The van der Waals surface area contributed by atoms with E-state index in [2.05, 4.69) is 11.9 Å². The summed E-state index contributed by atoms with van der Waals surface area (Å²) < 4.78 is 1.40. The Kier molecular flexibility index (Phi) is 3.62. The Bertz CT molecular complexity index is 692. The summed E-state index contributed by atoms with van der Waals surface area (Å²) in [6.07, 6.45) is 3.59. The van der Waals surface area contributed by atoms with E-state index in [0.29, 0.717) is 11.3 Å². The van der Waals surface area contributed by atoms with Gasteiger partial charge in [0.1, 0.15) is 4.83 Å². The largest absolute Gasteiger partial charge is 0.394 e. The Balaban J connectivity index is 2.10. The van der Waals surface area contributed by atoms with Gasteiger partial charge in [-0.2, -0.15) is 0 Å². The number of fused-ring (bicyclic) bond motifs is 3. The number of thiophene rings is 1. The van der Waals surface area contributed by atoms with Gasteiger partial charge in [0.2, 0.25) is 0 Å². The van der Waals surface area contributed by atoms with Crippen LogP contribution in [0.15, 0.2) is 11.1 Å². The molecule has 0 radical (unpaired) electrons. The molecule has 20 heavy (non-hydrogen) atoms. The van der Waals surface area contributed by atoms with E-state index in [1.807, 2.05) is 0 Å². The van der Waals surface area contributed by atoms with Crippen molar-refractivity contribution in [3.8, 4) is 0 Å². The summed E-state index contributed by atoms with van der Waals surface area (Å²) in [6.45, 7) is 1.96. The van der Waals surface area contributed by atoms with Gasteiger partial charge in [-0.05, 0) is 30.7 Å². The van der Waals surface area contributed by atoms with Crippen LogP contribution in [0.5, 0.6) is 0 Å². The Hall–Kier alpha value is -1.24. The van der Waals surface area contributed by atoms with E-state index in [9.17, 15) is 9.90 Å². The van der Waals surface area contributed by atoms with E-state index in [4.69, 9.17) is 5.11 Å². The zero-order chi connectivity index (χ0) is 14.3. The molecule has 2 aromatic rings. The van der Waals surface area contributed by atoms with Crippen LogP contribution in [-0.2, 0) is 19.4 Å². The summed E-state index contributed by atoms with van der Waals surface area (Å²) in [6, 6.07) is 0. The molecular formula is C14H18N2O3S. The van der Waals surface area contributed by atoms with Crippen LogP contribution in [0.25, 0.3) is 10.2 Å². The second-order valence-corrected chi connectivity index (χ2v) is 6.65. The minimum Gasteiger partial charge on any atom is -0.394 e. The van der Waals surface area contributed by atoms with Gasteiger partial charge in [0.25, 0.3) is 5.56 Å². The molecule has 0 saturated carbocycles. The van der Waals surface area contributed by atoms with E-state index in [1.165, 1.54) is 15.8 Å². The minimum atomic E-state index is -0.929. The van der Waals surface area contributed by atoms with Crippen LogP contribution in [0.1, 0.15) is 23.8 Å². The molecule has 2 heterocycles. The van der Waals surface area contributed by atoms with E-state index < -0.39 is 6.10 Å². The first-order valence-electron chi connectivity index (χ1n) is 6.88. The normalized spacial score (nSPS) is 20.1. The van der Waals surface area contributed by atoms with E-state index >= 15 is 0 Å². The SMILES string of the molecule is CC1CCc2c(sc3ncn(CC(O)CO)c(=O)c23)C1. The maximum absolute atomic E-state index is 12.5. The molecule has 1 aliphatic carbocycles. The van der Waals surface area contributed by atoms with E-state index in [1.54, 1.807) is 11.3 Å². The summed E-state index contributed by atoms with van der Waals surface area (Å²) in [4.78, 5) is 19.0. The van der Waals surface area contributed by atoms with Crippen LogP contribution in [0, 0.1) is 5.92 Å². The highest BCUT2D eigenvalue weighted by Crippen LogP contribution is 2.35. The molecule has 0 amide bonds. The molecule has 6 heteroatoms. The van der Waals surface area contributed by atoms with E-state index in [0.717, 1.165) is 29.7 Å². The van der Waals surface area contributed by atoms with E-state index in [-0.39, 0.29) is 18.7 Å². The summed E-state index contributed by atoms with van der Waals surface area (Å²) in [5.74, 6) is 0.661. The zero-order valence-electron chi connectivity index (χ0n) is 11.4. The third-order valence-corrected chi connectivity index (χ3v) is 5.06. The predicted octanol–water partition coefficient (Wildman–Crippen LogP) is 0.936. The lowest BCUT2D eigenvalue weighted by Gasteiger charge is -2.17. The van der Waals surface area contributed by atoms with Crippen LogP contribution in [-0.4, -0.2) is 32.5 Å². The van der Waals surface area contributed by atoms with Crippen LogP contribution < -0.4 is 5.56 Å². The average molecular weight is 294 g/mol. The number of rotatable bonds is 3. The number of aromatic nitrogens is 2. The van der Waals surface area contributed by atoms with Gasteiger partial charge in [-0.3, -0.25) is 9.36 Å². The Morgan fingerprint density at radius 2 is 2.40 bits per heavy atom. The molecule has 2 atom stereocenters. The van der Waals surface area contributed by atoms with Crippen molar-refractivity contribution in [2.24, 2.45) is 5.92 Å². The number of aryl methyl sites for hydroxylation is 1. The summed E-state index contributed by atoms with van der Waals surface area (Å²) >= 11 is 1.61. The number of nitrogens with zero attached hydrogens (tertiary/aromatic N) is 2. The summed E-state index contributed by atoms with van der Waals surface area (Å²) in [7, 11) is 0. The molecule has 0 spiro atoms. The smallest absolute Gasteiger partial charge is 0.262 e. The zero-order valence-corrected chi connectivity index (χ0v) is 12.2. The highest BCUT2D eigenvalue weighted by Gasteiger charge is 2.23. The lowest BCUT2D eigenvalue weighted by Crippen LogP contribution is -2.29. The molecule has 2 aromatic heterocycles. The van der Waals surface area contributed by atoms with Crippen molar-refractivity contribution in [1.82, 2.24) is 9.55 Å². The Morgan fingerprint density at radius 3 is 3.15 bits per heavy atom. The van der Waals surface area contributed by atoms with Gasteiger partial charge in [0, 0.05) is 4.88 Å². The van der Waals surface area contributed by atoms with Crippen LogP contribution in [0.2, 0.25) is 0 Å². The summed E-state index contributed by atoms with van der Waals surface area (Å²) in [5, 5.41) is 19.1. The third-order valence-electron chi connectivity index (χ3n) is 3.90. The molecule has 3 rings (SSSR count). The van der Waals surface area contributed by atoms with Gasteiger partial charge in [-0.1, -0.05) is 6.92 Å². The average Bonchev–Trinajstić information content (AvgIpc) is 2.79. The van der Waals surface area contributed by atoms with Gasteiger partial charge in [0.15, 0.2) is 0 Å². The highest BCUT2D eigenvalue weighted by atomic mass is 32.1. The maximum atomic E-state index is 12.5. The molecule has 2 N–H and O–H groups in total.